The molecule has 0 aliphatic heterocycles. The second-order valence-electron chi connectivity index (χ2n) is 2.40. The SMILES string of the molecule is NC(=O)OCCNC(=O)COCC(=O)O. The Bertz CT molecular complexity index is 242. The predicted molar refractivity (Wildman–Crippen MR) is 47.0 cm³/mol. The summed E-state index contributed by atoms with van der Waals surface area (Å²) in [5.41, 5.74) is 4.66. The monoisotopic (exact) mass is 220 g/mol. The Morgan fingerprint density at radius 1 is 1.27 bits per heavy atom. The van der Waals surface area contributed by atoms with Gasteiger partial charge in [-0.2, -0.15) is 0 Å². The molecule has 0 spiro atoms. The summed E-state index contributed by atoms with van der Waals surface area (Å²) in [6.07, 6.45) is -0.925. The van der Waals surface area contributed by atoms with E-state index in [1.54, 1.807) is 0 Å². The Morgan fingerprint density at radius 3 is 2.47 bits per heavy atom. The highest BCUT2D eigenvalue weighted by Crippen LogP contribution is 1.77. The zero-order valence-corrected chi connectivity index (χ0v) is 7.89. The first-order valence-electron chi connectivity index (χ1n) is 4.01. The Morgan fingerprint density at radius 2 is 1.93 bits per heavy atom. The van der Waals surface area contributed by atoms with Crippen molar-refractivity contribution in [2.75, 3.05) is 26.4 Å². The van der Waals surface area contributed by atoms with Crippen molar-refractivity contribution in [3.05, 3.63) is 0 Å². The van der Waals surface area contributed by atoms with Crippen LogP contribution in [0.5, 0.6) is 0 Å². The molecule has 0 bridgehead atoms. The van der Waals surface area contributed by atoms with Gasteiger partial charge in [-0.15, -0.1) is 0 Å². The van der Waals surface area contributed by atoms with Crippen LogP contribution in [-0.4, -0.2) is 49.4 Å². The fourth-order valence-electron chi connectivity index (χ4n) is 0.624. The maximum atomic E-state index is 10.9. The number of primary amides is 1. The van der Waals surface area contributed by atoms with Crippen LogP contribution in [0.1, 0.15) is 0 Å². The normalized spacial score (nSPS) is 9.33. The number of carboxylic acids is 1. The fourth-order valence-corrected chi connectivity index (χ4v) is 0.624. The highest BCUT2D eigenvalue weighted by Gasteiger charge is 2.03. The van der Waals surface area contributed by atoms with Crippen molar-refractivity contribution in [2.24, 2.45) is 5.73 Å². The number of nitrogens with one attached hydrogen (secondary N) is 1. The molecule has 0 aliphatic carbocycles. The number of hydrogen-bond donors (Lipinski definition) is 3. The quantitative estimate of drug-likeness (QED) is 0.438. The Labute approximate surface area is 85.3 Å². The molecule has 8 nitrogen and oxygen atoms in total. The van der Waals surface area contributed by atoms with E-state index in [2.05, 4.69) is 20.5 Å². The van der Waals surface area contributed by atoms with E-state index in [1.807, 2.05) is 0 Å². The van der Waals surface area contributed by atoms with E-state index in [4.69, 9.17) is 5.11 Å². The van der Waals surface area contributed by atoms with Crippen molar-refractivity contribution in [2.45, 2.75) is 0 Å². The molecule has 2 amide bonds. The van der Waals surface area contributed by atoms with Crippen LogP contribution in [0, 0.1) is 0 Å². The average molecular weight is 220 g/mol. The van der Waals surface area contributed by atoms with Crippen molar-refractivity contribution in [1.29, 1.82) is 0 Å². The van der Waals surface area contributed by atoms with E-state index in [0.29, 0.717) is 0 Å². The van der Waals surface area contributed by atoms with Crippen molar-refractivity contribution in [1.82, 2.24) is 5.32 Å². The van der Waals surface area contributed by atoms with Crippen molar-refractivity contribution < 1.29 is 29.0 Å². The predicted octanol–water partition coefficient (Wildman–Crippen LogP) is -1.70. The van der Waals surface area contributed by atoms with Gasteiger partial charge in [-0.25, -0.2) is 9.59 Å². The lowest BCUT2D eigenvalue weighted by atomic mass is 10.6. The van der Waals surface area contributed by atoms with Gasteiger partial charge in [0.25, 0.3) is 0 Å². The summed E-state index contributed by atoms with van der Waals surface area (Å²) in [6.45, 7) is -0.841. The number of carbonyl (C=O) groups is 3. The average Bonchev–Trinajstić information content (AvgIpc) is 2.11. The van der Waals surface area contributed by atoms with E-state index >= 15 is 0 Å². The molecule has 15 heavy (non-hydrogen) atoms. The maximum Gasteiger partial charge on any atom is 0.404 e. The second-order valence-corrected chi connectivity index (χ2v) is 2.40. The number of amides is 2. The molecular weight excluding hydrogens is 208 g/mol. The van der Waals surface area contributed by atoms with Gasteiger partial charge in [0.05, 0.1) is 6.54 Å². The lowest BCUT2D eigenvalue weighted by Gasteiger charge is -2.04. The summed E-state index contributed by atoms with van der Waals surface area (Å²) in [6, 6.07) is 0. The van der Waals surface area contributed by atoms with E-state index in [1.165, 1.54) is 0 Å². The van der Waals surface area contributed by atoms with E-state index in [9.17, 15) is 14.4 Å². The first kappa shape index (κ1) is 13.2. The van der Waals surface area contributed by atoms with Crippen LogP contribution in [0.2, 0.25) is 0 Å². The third-order valence-electron chi connectivity index (χ3n) is 1.13. The topological polar surface area (TPSA) is 128 Å². The molecule has 0 rings (SSSR count). The largest absolute Gasteiger partial charge is 0.480 e. The number of aliphatic carboxylic acids is 1. The number of nitrogens with two attached hydrogens (primary N) is 1. The Balaban J connectivity index is 3.33. The van der Waals surface area contributed by atoms with Gasteiger partial charge in [-0.1, -0.05) is 0 Å². The van der Waals surface area contributed by atoms with Gasteiger partial charge < -0.3 is 25.6 Å². The molecule has 0 heterocycles. The molecule has 8 heteroatoms. The molecule has 0 atom stereocenters. The van der Waals surface area contributed by atoms with Crippen LogP contribution in [0.3, 0.4) is 0 Å². The summed E-state index contributed by atoms with van der Waals surface area (Å²) in [5.74, 6) is -1.65. The number of rotatable bonds is 7. The van der Waals surface area contributed by atoms with Crippen molar-refractivity contribution in [3.63, 3.8) is 0 Å². The second kappa shape index (κ2) is 7.56. The molecule has 0 saturated carbocycles. The molecule has 0 aliphatic rings. The number of carboxylic acid groups (broad SMARTS) is 1. The lowest BCUT2D eigenvalue weighted by Crippen LogP contribution is -2.32. The molecule has 4 N–H and O–H groups in total. The summed E-state index contributed by atoms with van der Waals surface area (Å²) < 4.78 is 8.82. The van der Waals surface area contributed by atoms with Gasteiger partial charge in [0, 0.05) is 0 Å². The maximum absolute atomic E-state index is 10.9. The van der Waals surface area contributed by atoms with Crippen LogP contribution in [0.15, 0.2) is 0 Å². The molecule has 0 radical (unpaired) electrons. The van der Waals surface area contributed by atoms with Crippen LogP contribution in [-0.2, 0) is 19.1 Å². The molecule has 0 aromatic rings. The Kier molecular flexibility index (Phi) is 6.64. The molecule has 0 unspecified atom stereocenters. The number of ether oxygens (including phenoxy) is 2. The minimum absolute atomic E-state index is 0.0417. The zero-order valence-electron chi connectivity index (χ0n) is 7.89. The third-order valence-corrected chi connectivity index (χ3v) is 1.13. The highest BCUT2D eigenvalue weighted by atomic mass is 16.5. The lowest BCUT2D eigenvalue weighted by molar-refractivity contribution is -0.143. The van der Waals surface area contributed by atoms with Crippen LogP contribution in [0.25, 0.3) is 0 Å². The minimum Gasteiger partial charge on any atom is -0.480 e. The van der Waals surface area contributed by atoms with Gasteiger partial charge in [0.2, 0.25) is 5.91 Å². The summed E-state index contributed by atoms with van der Waals surface area (Å²) in [5, 5.41) is 10.5. The third kappa shape index (κ3) is 10.1. The van der Waals surface area contributed by atoms with Gasteiger partial charge in [0.1, 0.15) is 19.8 Å². The van der Waals surface area contributed by atoms with Gasteiger partial charge in [0.15, 0.2) is 0 Å². The minimum atomic E-state index is -1.15. The molecule has 0 aromatic heterocycles. The van der Waals surface area contributed by atoms with Gasteiger partial charge in [-0.3, -0.25) is 4.79 Å². The van der Waals surface area contributed by atoms with E-state index < -0.39 is 24.6 Å². The Hall–Kier alpha value is -1.83. The zero-order chi connectivity index (χ0) is 11.7. The van der Waals surface area contributed by atoms with Gasteiger partial charge in [-0.05, 0) is 0 Å². The van der Waals surface area contributed by atoms with Crippen LogP contribution < -0.4 is 11.1 Å². The molecule has 86 valence electrons. The molecule has 0 saturated heterocycles. The van der Waals surface area contributed by atoms with Crippen molar-refractivity contribution in [3.8, 4) is 0 Å². The highest BCUT2D eigenvalue weighted by molar-refractivity contribution is 5.77. The summed E-state index contributed by atoms with van der Waals surface area (Å²) in [4.78, 5) is 30.9. The summed E-state index contributed by atoms with van der Waals surface area (Å²) in [7, 11) is 0. The van der Waals surface area contributed by atoms with E-state index in [0.717, 1.165) is 0 Å². The smallest absolute Gasteiger partial charge is 0.404 e. The standard InChI is InChI=1S/C7H12N2O6/c8-7(13)15-2-1-9-5(10)3-14-4-6(11)12/h1-4H2,(H2,8,13)(H,9,10)(H,11,12). The number of carbonyl (C=O) groups excluding carboxylic acids is 2. The molecule has 0 aromatic carbocycles. The first-order valence-corrected chi connectivity index (χ1v) is 4.01. The van der Waals surface area contributed by atoms with Crippen molar-refractivity contribution >= 4 is 18.0 Å². The van der Waals surface area contributed by atoms with Crippen LogP contribution >= 0.6 is 0 Å². The molecular formula is C7H12N2O6. The molecule has 0 fully saturated rings. The van der Waals surface area contributed by atoms with Gasteiger partial charge >= 0.3 is 12.1 Å². The number of hydrogen-bond acceptors (Lipinski definition) is 5. The first-order chi connectivity index (χ1) is 7.02. The van der Waals surface area contributed by atoms with Crippen LogP contribution in [0.4, 0.5) is 4.79 Å². The fraction of sp³-hybridized carbons (Fsp3) is 0.571. The summed E-state index contributed by atoms with van der Waals surface area (Å²) >= 11 is 0. The van der Waals surface area contributed by atoms with E-state index in [-0.39, 0.29) is 19.8 Å².